The van der Waals surface area contributed by atoms with Crippen LogP contribution in [-0.2, 0) is 11.3 Å². The maximum absolute atomic E-state index is 11.7. The second kappa shape index (κ2) is 6.01. The van der Waals surface area contributed by atoms with Crippen molar-refractivity contribution in [3.8, 4) is 5.75 Å². The van der Waals surface area contributed by atoms with Crippen LogP contribution in [-0.4, -0.2) is 27.0 Å². The predicted molar refractivity (Wildman–Crippen MR) is 75.5 cm³/mol. The molecule has 1 aromatic heterocycles. The molecule has 0 aliphatic carbocycles. The molecule has 0 saturated heterocycles. The molecule has 1 aromatic carbocycles. The average Bonchev–Trinajstić information content (AvgIpc) is 2.68. The van der Waals surface area contributed by atoms with Crippen LogP contribution in [0, 0.1) is 13.8 Å². The normalized spacial score (nSPS) is 10.9. The number of hydrogen-bond acceptors (Lipinski definition) is 4. The number of carbonyl (C=O) groups is 1. The second-order valence-corrected chi connectivity index (χ2v) is 4.47. The van der Waals surface area contributed by atoms with Crippen LogP contribution in [0.2, 0.25) is 0 Å². The molecular weight excluding hydrogens is 256 g/mol. The van der Waals surface area contributed by atoms with Gasteiger partial charge in [0.1, 0.15) is 12.3 Å². The first-order valence-electron chi connectivity index (χ1n) is 6.16. The number of aryl methyl sites for hydroxylation is 2. The van der Waals surface area contributed by atoms with E-state index in [1.54, 1.807) is 28.9 Å². The van der Waals surface area contributed by atoms with Crippen LogP contribution in [0.1, 0.15) is 17.0 Å². The molecule has 0 aliphatic heterocycles. The minimum atomic E-state index is -0.257. The summed E-state index contributed by atoms with van der Waals surface area (Å²) < 4.78 is 1.62. The Bertz CT molecular complexity index is 646. The third-order valence-corrected chi connectivity index (χ3v) is 2.67. The van der Waals surface area contributed by atoms with Crippen molar-refractivity contribution >= 4 is 12.1 Å². The molecule has 104 valence electrons. The maximum atomic E-state index is 11.7. The van der Waals surface area contributed by atoms with Gasteiger partial charge in [0.25, 0.3) is 5.91 Å². The Morgan fingerprint density at radius 2 is 2.25 bits per heavy atom. The molecular formula is C14H16N4O2. The van der Waals surface area contributed by atoms with Gasteiger partial charge < -0.3 is 5.11 Å². The van der Waals surface area contributed by atoms with E-state index in [4.69, 9.17) is 0 Å². The molecule has 6 nitrogen and oxygen atoms in total. The van der Waals surface area contributed by atoms with E-state index < -0.39 is 0 Å². The van der Waals surface area contributed by atoms with Crippen molar-refractivity contribution in [2.75, 3.05) is 0 Å². The molecule has 0 unspecified atom stereocenters. The summed E-state index contributed by atoms with van der Waals surface area (Å²) in [5, 5.41) is 17.3. The van der Waals surface area contributed by atoms with Gasteiger partial charge in [-0.3, -0.25) is 9.48 Å². The number of hydrazone groups is 1. The highest BCUT2D eigenvalue weighted by molar-refractivity contribution is 5.82. The minimum absolute atomic E-state index is 0.122. The van der Waals surface area contributed by atoms with E-state index in [2.05, 4.69) is 15.6 Å². The Labute approximate surface area is 116 Å². The van der Waals surface area contributed by atoms with Crippen molar-refractivity contribution in [2.24, 2.45) is 5.10 Å². The second-order valence-electron chi connectivity index (χ2n) is 4.47. The van der Waals surface area contributed by atoms with Gasteiger partial charge in [-0.1, -0.05) is 12.1 Å². The van der Waals surface area contributed by atoms with Crippen LogP contribution in [0.25, 0.3) is 0 Å². The van der Waals surface area contributed by atoms with Crippen molar-refractivity contribution in [2.45, 2.75) is 20.4 Å². The lowest BCUT2D eigenvalue weighted by Gasteiger charge is -2.02. The van der Waals surface area contributed by atoms with Crippen LogP contribution < -0.4 is 5.43 Å². The molecule has 0 saturated carbocycles. The van der Waals surface area contributed by atoms with Crippen LogP contribution in [0.5, 0.6) is 5.75 Å². The number of nitrogens with zero attached hydrogens (tertiary/aromatic N) is 3. The smallest absolute Gasteiger partial charge is 0.261 e. The van der Waals surface area contributed by atoms with Crippen molar-refractivity contribution in [1.82, 2.24) is 15.2 Å². The van der Waals surface area contributed by atoms with E-state index in [-0.39, 0.29) is 18.2 Å². The third-order valence-electron chi connectivity index (χ3n) is 2.67. The third kappa shape index (κ3) is 3.68. The molecule has 2 rings (SSSR count). The van der Waals surface area contributed by atoms with Crippen LogP contribution in [0.15, 0.2) is 35.4 Å². The van der Waals surface area contributed by atoms with Gasteiger partial charge >= 0.3 is 0 Å². The highest BCUT2D eigenvalue weighted by atomic mass is 16.3. The number of amides is 1. The summed E-state index contributed by atoms with van der Waals surface area (Å²) in [5.41, 5.74) is 4.93. The monoisotopic (exact) mass is 272 g/mol. The van der Waals surface area contributed by atoms with Gasteiger partial charge in [-0.05, 0) is 37.6 Å². The molecule has 0 atom stereocenters. The topological polar surface area (TPSA) is 79.5 Å². The SMILES string of the molecule is Cc1cc(C)n(CC(=O)NN=Cc2cccc(O)c2)n1. The lowest BCUT2D eigenvalue weighted by atomic mass is 10.2. The Morgan fingerprint density at radius 1 is 1.45 bits per heavy atom. The van der Waals surface area contributed by atoms with Crippen LogP contribution in [0.4, 0.5) is 0 Å². The van der Waals surface area contributed by atoms with Crippen molar-refractivity contribution in [1.29, 1.82) is 0 Å². The largest absolute Gasteiger partial charge is 0.508 e. The number of nitrogens with one attached hydrogen (secondary N) is 1. The van der Waals surface area contributed by atoms with Gasteiger partial charge in [-0.2, -0.15) is 10.2 Å². The number of aromatic nitrogens is 2. The minimum Gasteiger partial charge on any atom is -0.508 e. The number of rotatable bonds is 4. The van der Waals surface area contributed by atoms with Gasteiger partial charge in [0, 0.05) is 5.69 Å². The number of carbonyl (C=O) groups excluding carboxylic acids is 1. The van der Waals surface area contributed by atoms with E-state index in [1.165, 1.54) is 6.21 Å². The zero-order valence-corrected chi connectivity index (χ0v) is 11.4. The summed E-state index contributed by atoms with van der Waals surface area (Å²) in [7, 11) is 0. The van der Waals surface area contributed by atoms with Gasteiger partial charge in [0.2, 0.25) is 0 Å². The summed E-state index contributed by atoms with van der Waals surface area (Å²) in [6.45, 7) is 3.89. The first kappa shape index (κ1) is 13.8. The van der Waals surface area contributed by atoms with Crippen molar-refractivity contribution < 1.29 is 9.90 Å². The highest BCUT2D eigenvalue weighted by Crippen LogP contribution is 2.08. The van der Waals surface area contributed by atoms with Gasteiger partial charge in [0.05, 0.1) is 11.9 Å². The fourth-order valence-corrected chi connectivity index (χ4v) is 1.79. The molecule has 0 bridgehead atoms. The summed E-state index contributed by atoms with van der Waals surface area (Å²) in [6, 6.07) is 8.50. The van der Waals surface area contributed by atoms with Gasteiger partial charge in [0.15, 0.2) is 0 Å². The van der Waals surface area contributed by atoms with E-state index in [0.717, 1.165) is 11.4 Å². The Balaban J connectivity index is 1.91. The first-order chi connectivity index (χ1) is 9.54. The van der Waals surface area contributed by atoms with Crippen LogP contribution in [0.3, 0.4) is 0 Å². The maximum Gasteiger partial charge on any atom is 0.261 e. The van der Waals surface area contributed by atoms with Crippen LogP contribution >= 0.6 is 0 Å². The quantitative estimate of drug-likeness (QED) is 0.651. The number of phenolic OH excluding ortho intramolecular Hbond substituents is 1. The van der Waals surface area contributed by atoms with Gasteiger partial charge in [-0.25, -0.2) is 5.43 Å². The standard InChI is InChI=1S/C14H16N4O2/c1-10-6-11(2)18(17-10)9-14(20)16-15-8-12-4-3-5-13(19)7-12/h3-8,19H,9H2,1-2H3,(H,16,20). The molecule has 2 N–H and O–H groups in total. The van der Waals surface area contributed by atoms with E-state index >= 15 is 0 Å². The highest BCUT2D eigenvalue weighted by Gasteiger charge is 2.05. The first-order valence-corrected chi connectivity index (χ1v) is 6.16. The molecule has 0 radical (unpaired) electrons. The van der Waals surface area contributed by atoms with Crippen molar-refractivity contribution in [3.05, 3.63) is 47.3 Å². The Kier molecular flexibility index (Phi) is 4.14. The zero-order chi connectivity index (χ0) is 14.5. The lowest BCUT2D eigenvalue weighted by molar-refractivity contribution is -0.121. The number of benzene rings is 1. The molecule has 6 heteroatoms. The molecule has 20 heavy (non-hydrogen) atoms. The molecule has 0 aliphatic rings. The average molecular weight is 272 g/mol. The number of phenols is 1. The predicted octanol–water partition coefficient (Wildman–Crippen LogP) is 1.36. The van der Waals surface area contributed by atoms with Crippen molar-refractivity contribution in [3.63, 3.8) is 0 Å². The van der Waals surface area contributed by atoms with E-state index in [9.17, 15) is 9.90 Å². The Hall–Kier alpha value is -2.63. The molecule has 0 fully saturated rings. The number of aromatic hydroxyl groups is 1. The summed E-state index contributed by atoms with van der Waals surface area (Å²) >= 11 is 0. The lowest BCUT2D eigenvalue weighted by Crippen LogP contribution is -2.24. The van der Waals surface area contributed by atoms with Gasteiger partial charge in [-0.15, -0.1) is 0 Å². The fraction of sp³-hybridized carbons (Fsp3) is 0.214. The zero-order valence-electron chi connectivity index (χ0n) is 11.4. The summed E-state index contributed by atoms with van der Waals surface area (Å²) in [5.74, 6) is -0.101. The molecule has 1 heterocycles. The summed E-state index contributed by atoms with van der Waals surface area (Å²) in [6.07, 6.45) is 1.47. The molecule has 2 aromatic rings. The fourth-order valence-electron chi connectivity index (χ4n) is 1.79. The molecule has 0 spiro atoms. The number of hydrogen-bond donors (Lipinski definition) is 2. The van der Waals surface area contributed by atoms with E-state index in [1.807, 2.05) is 19.9 Å². The molecule has 1 amide bonds. The summed E-state index contributed by atoms with van der Waals surface area (Å²) in [4.78, 5) is 11.7. The van der Waals surface area contributed by atoms with E-state index in [0.29, 0.717) is 5.56 Å². The Morgan fingerprint density at radius 3 is 2.90 bits per heavy atom.